The van der Waals surface area contributed by atoms with Gasteiger partial charge in [-0.25, -0.2) is 4.79 Å². The summed E-state index contributed by atoms with van der Waals surface area (Å²) < 4.78 is 0. The molecule has 0 saturated heterocycles. The number of fused-ring (bicyclic) bond motifs is 1. The van der Waals surface area contributed by atoms with Crippen LogP contribution in [0, 0.1) is 17.8 Å². The molecule has 2 atom stereocenters. The fraction of sp³-hybridized carbons (Fsp3) is 0.500. The standard InChI is InChI=1S/C16H20O5.2Na.2H/c1-9(2)13(14(17)18)16(21,15(19)20)12-7-10-5-3-4-6-11(10)8-12;;;;/h3-6,9,12-13,21H,7-8H2,1-2H3,(H,17,18)(H,19,20);;;;/q;2*+1;2*-1. The maximum Gasteiger partial charge on any atom is 1.00 e. The van der Waals surface area contributed by atoms with E-state index >= 15 is 0 Å². The zero-order valence-corrected chi connectivity index (χ0v) is 18.1. The van der Waals surface area contributed by atoms with E-state index in [2.05, 4.69) is 0 Å². The average Bonchev–Trinajstić information content (AvgIpc) is 2.81. The number of hydrogen-bond acceptors (Lipinski definition) is 3. The molecule has 1 aliphatic carbocycles. The molecule has 7 heteroatoms. The van der Waals surface area contributed by atoms with Crippen molar-refractivity contribution in [3.05, 3.63) is 35.4 Å². The molecule has 0 aromatic heterocycles. The zero-order chi connectivity index (χ0) is 15.8. The molecule has 0 fully saturated rings. The molecule has 0 aliphatic heterocycles. The predicted molar refractivity (Wildman–Crippen MR) is 78.1 cm³/mol. The molecule has 0 bridgehead atoms. The van der Waals surface area contributed by atoms with E-state index in [-0.39, 0.29) is 62.0 Å². The summed E-state index contributed by atoms with van der Waals surface area (Å²) in [6, 6.07) is 7.50. The summed E-state index contributed by atoms with van der Waals surface area (Å²) in [5.41, 5.74) is -0.302. The second-order valence-electron chi connectivity index (χ2n) is 6.06. The Kier molecular flexibility index (Phi) is 9.04. The summed E-state index contributed by atoms with van der Waals surface area (Å²) >= 11 is 0. The van der Waals surface area contributed by atoms with Gasteiger partial charge >= 0.3 is 71.1 Å². The maximum absolute atomic E-state index is 11.7. The molecule has 0 saturated carbocycles. The molecule has 23 heavy (non-hydrogen) atoms. The molecule has 118 valence electrons. The van der Waals surface area contributed by atoms with Gasteiger partial charge in [-0.05, 0) is 29.9 Å². The molecule has 3 N–H and O–H groups in total. The van der Waals surface area contributed by atoms with E-state index in [1.165, 1.54) is 0 Å². The molecule has 0 amide bonds. The van der Waals surface area contributed by atoms with Crippen LogP contribution < -0.4 is 59.1 Å². The van der Waals surface area contributed by atoms with E-state index in [0.717, 1.165) is 11.1 Å². The minimum absolute atomic E-state index is 0. The normalized spacial score (nSPS) is 17.4. The van der Waals surface area contributed by atoms with Crippen molar-refractivity contribution in [3.63, 3.8) is 0 Å². The first-order valence-corrected chi connectivity index (χ1v) is 7.03. The first-order chi connectivity index (χ1) is 9.78. The van der Waals surface area contributed by atoms with E-state index in [9.17, 15) is 24.9 Å². The third-order valence-electron chi connectivity index (χ3n) is 4.42. The van der Waals surface area contributed by atoms with Crippen LogP contribution >= 0.6 is 0 Å². The Morgan fingerprint density at radius 2 is 1.57 bits per heavy atom. The van der Waals surface area contributed by atoms with Crippen LogP contribution in [0.1, 0.15) is 27.8 Å². The number of carboxylic acids is 2. The van der Waals surface area contributed by atoms with Crippen LogP contribution in [-0.4, -0.2) is 32.9 Å². The molecule has 1 aromatic carbocycles. The van der Waals surface area contributed by atoms with Crippen molar-refractivity contribution >= 4 is 11.9 Å². The summed E-state index contributed by atoms with van der Waals surface area (Å²) in [4.78, 5) is 23.2. The molecule has 0 spiro atoms. The van der Waals surface area contributed by atoms with Crippen molar-refractivity contribution in [1.82, 2.24) is 0 Å². The van der Waals surface area contributed by atoms with Gasteiger partial charge in [-0.15, -0.1) is 0 Å². The number of carbonyl (C=O) groups is 2. The number of aliphatic carboxylic acids is 2. The second-order valence-corrected chi connectivity index (χ2v) is 6.06. The molecule has 1 aromatic rings. The van der Waals surface area contributed by atoms with Crippen LogP contribution in [0.15, 0.2) is 24.3 Å². The van der Waals surface area contributed by atoms with Crippen LogP contribution in [0.25, 0.3) is 0 Å². The Labute approximate surface area is 183 Å². The van der Waals surface area contributed by atoms with Gasteiger partial charge < -0.3 is 18.2 Å². The van der Waals surface area contributed by atoms with E-state index < -0.39 is 35.3 Å². The molecular weight excluding hydrogens is 318 g/mol. The van der Waals surface area contributed by atoms with Gasteiger partial charge in [0, 0.05) is 5.92 Å². The smallest absolute Gasteiger partial charge is 1.00 e. The number of aliphatic hydroxyl groups is 1. The fourth-order valence-electron chi connectivity index (χ4n) is 3.41. The fourth-order valence-corrected chi connectivity index (χ4v) is 3.41. The SMILES string of the molecule is CC(C)C(C(=O)O)C(O)(C(=O)O)C1Cc2ccccc2C1.[H-].[H-].[Na+].[Na+]. The van der Waals surface area contributed by atoms with Crippen molar-refractivity contribution < 1.29 is 86.9 Å². The molecule has 5 nitrogen and oxygen atoms in total. The number of benzene rings is 1. The third-order valence-corrected chi connectivity index (χ3v) is 4.42. The minimum atomic E-state index is -2.26. The van der Waals surface area contributed by atoms with Gasteiger partial charge in [0.15, 0.2) is 5.60 Å². The van der Waals surface area contributed by atoms with Gasteiger partial charge in [0.05, 0.1) is 5.92 Å². The minimum Gasteiger partial charge on any atom is -1.00 e. The van der Waals surface area contributed by atoms with Crippen LogP contribution in [0.5, 0.6) is 0 Å². The van der Waals surface area contributed by atoms with E-state index in [1.54, 1.807) is 13.8 Å². The van der Waals surface area contributed by atoms with Gasteiger partial charge in [-0.1, -0.05) is 38.1 Å². The van der Waals surface area contributed by atoms with Crippen molar-refractivity contribution in [3.8, 4) is 0 Å². The molecule has 2 rings (SSSR count). The topological polar surface area (TPSA) is 94.8 Å². The molecule has 1 aliphatic rings. The predicted octanol–water partition coefficient (Wildman–Crippen LogP) is -4.19. The van der Waals surface area contributed by atoms with Gasteiger partial charge in [0.2, 0.25) is 0 Å². The van der Waals surface area contributed by atoms with Crippen molar-refractivity contribution in [2.45, 2.75) is 32.3 Å². The van der Waals surface area contributed by atoms with Crippen molar-refractivity contribution in [2.24, 2.45) is 17.8 Å². The summed E-state index contributed by atoms with van der Waals surface area (Å²) in [6.07, 6.45) is 0.769. The Bertz CT molecular complexity index is 560. The van der Waals surface area contributed by atoms with E-state index in [0.29, 0.717) is 12.8 Å². The molecular formula is C16H22Na2O5. The summed E-state index contributed by atoms with van der Waals surface area (Å²) in [5, 5.41) is 29.7. The average molecular weight is 340 g/mol. The summed E-state index contributed by atoms with van der Waals surface area (Å²) in [6.45, 7) is 3.24. The number of hydrogen-bond donors (Lipinski definition) is 3. The van der Waals surface area contributed by atoms with Crippen LogP contribution in [-0.2, 0) is 22.4 Å². The Balaban J connectivity index is -0.00000121. The molecule has 2 unspecified atom stereocenters. The number of carboxylic acid groups (broad SMARTS) is 2. The Morgan fingerprint density at radius 3 is 1.87 bits per heavy atom. The first kappa shape index (κ1) is 23.1. The largest absolute Gasteiger partial charge is 1.00 e. The summed E-state index contributed by atoms with van der Waals surface area (Å²) in [5.74, 6) is -5.18. The van der Waals surface area contributed by atoms with Gasteiger partial charge in [0.1, 0.15) is 0 Å². The quantitative estimate of drug-likeness (QED) is 0.473. The van der Waals surface area contributed by atoms with Crippen LogP contribution in [0.3, 0.4) is 0 Å². The van der Waals surface area contributed by atoms with Gasteiger partial charge in [-0.2, -0.15) is 0 Å². The van der Waals surface area contributed by atoms with Crippen molar-refractivity contribution in [2.75, 3.05) is 0 Å². The Morgan fingerprint density at radius 1 is 1.13 bits per heavy atom. The maximum atomic E-state index is 11.7. The van der Waals surface area contributed by atoms with Gasteiger partial charge in [-0.3, -0.25) is 4.79 Å². The first-order valence-electron chi connectivity index (χ1n) is 7.03. The van der Waals surface area contributed by atoms with Crippen LogP contribution in [0.4, 0.5) is 0 Å². The molecule has 0 radical (unpaired) electrons. The zero-order valence-electron chi connectivity index (χ0n) is 16.1. The van der Waals surface area contributed by atoms with Crippen LogP contribution in [0.2, 0.25) is 0 Å². The monoisotopic (exact) mass is 340 g/mol. The van der Waals surface area contributed by atoms with E-state index in [1.807, 2.05) is 24.3 Å². The van der Waals surface area contributed by atoms with E-state index in [4.69, 9.17) is 0 Å². The second kappa shape index (κ2) is 8.99. The van der Waals surface area contributed by atoms with Gasteiger partial charge in [0.25, 0.3) is 0 Å². The molecule has 0 heterocycles. The third kappa shape index (κ3) is 4.40. The number of rotatable bonds is 5. The van der Waals surface area contributed by atoms with Crippen molar-refractivity contribution in [1.29, 1.82) is 0 Å². The Hall–Kier alpha value is 0.120. The summed E-state index contributed by atoms with van der Waals surface area (Å²) in [7, 11) is 0.